The molecule has 17 heavy (non-hydrogen) atoms. The Morgan fingerprint density at radius 3 is 2.82 bits per heavy atom. The van der Waals surface area contributed by atoms with Crippen molar-refractivity contribution in [2.24, 2.45) is 0 Å². The largest absolute Gasteiger partial charge is 0.471 e. The highest BCUT2D eigenvalue weighted by Crippen LogP contribution is 2.26. The second-order valence-electron chi connectivity index (χ2n) is 4.02. The lowest BCUT2D eigenvalue weighted by Crippen LogP contribution is -2.45. The van der Waals surface area contributed by atoms with Gasteiger partial charge in [-0.25, -0.2) is 0 Å². The number of halogens is 3. The first-order chi connectivity index (χ1) is 7.98. The molecule has 7 heteroatoms. The highest BCUT2D eigenvalue weighted by molar-refractivity contribution is 5.82. The third-order valence-electron chi connectivity index (χ3n) is 2.84. The highest BCUT2D eigenvalue weighted by atomic mass is 19.4. The van der Waals surface area contributed by atoms with E-state index >= 15 is 0 Å². The fourth-order valence-corrected chi connectivity index (χ4v) is 2.08. The van der Waals surface area contributed by atoms with Gasteiger partial charge in [0.1, 0.15) is 0 Å². The van der Waals surface area contributed by atoms with Crippen molar-refractivity contribution in [1.29, 1.82) is 0 Å². The number of nitrogens with zero attached hydrogens (tertiary/aromatic N) is 3. The molecule has 1 fully saturated rings. The Labute approximate surface area is 96.0 Å². The second-order valence-corrected chi connectivity index (χ2v) is 4.02. The van der Waals surface area contributed by atoms with Crippen LogP contribution in [0.4, 0.5) is 13.2 Å². The molecule has 1 amide bonds. The summed E-state index contributed by atoms with van der Waals surface area (Å²) >= 11 is 0. The summed E-state index contributed by atoms with van der Waals surface area (Å²) in [5.74, 6) is -1.74. The molecule has 2 rings (SSSR count). The van der Waals surface area contributed by atoms with E-state index in [1.165, 1.54) is 0 Å². The van der Waals surface area contributed by atoms with Crippen LogP contribution in [0.5, 0.6) is 0 Å². The maximum atomic E-state index is 12.3. The lowest BCUT2D eigenvalue weighted by molar-refractivity contribution is -0.186. The van der Waals surface area contributed by atoms with Crippen molar-refractivity contribution in [2.45, 2.75) is 31.6 Å². The van der Waals surface area contributed by atoms with Crippen molar-refractivity contribution in [3.8, 4) is 0 Å². The summed E-state index contributed by atoms with van der Waals surface area (Å²) in [6, 6.07) is 1.29. The van der Waals surface area contributed by atoms with Gasteiger partial charge in [0.25, 0.3) is 0 Å². The molecule has 0 N–H and O–H groups in total. The molecule has 0 bridgehead atoms. The number of hydrogen-bond acceptors (Lipinski definition) is 2. The van der Waals surface area contributed by atoms with E-state index in [9.17, 15) is 18.0 Å². The number of amides is 1. The molecule has 1 aromatic rings. The Kier molecular flexibility index (Phi) is 3.08. The van der Waals surface area contributed by atoms with Gasteiger partial charge in [-0.05, 0) is 18.9 Å². The summed E-state index contributed by atoms with van der Waals surface area (Å²) in [4.78, 5) is 12.1. The molecule has 1 aliphatic heterocycles. The van der Waals surface area contributed by atoms with Crippen molar-refractivity contribution >= 4 is 5.91 Å². The summed E-state index contributed by atoms with van der Waals surface area (Å²) in [7, 11) is 0. The van der Waals surface area contributed by atoms with Gasteiger partial charge in [-0.1, -0.05) is 0 Å². The molecule has 0 radical (unpaired) electrons. The molecule has 0 saturated carbocycles. The Morgan fingerprint density at radius 1 is 1.47 bits per heavy atom. The van der Waals surface area contributed by atoms with Gasteiger partial charge in [-0.2, -0.15) is 18.3 Å². The van der Waals surface area contributed by atoms with Crippen LogP contribution in [0.3, 0.4) is 0 Å². The maximum absolute atomic E-state index is 12.3. The van der Waals surface area contributed by atoms with E-state index in [0.717, 1.165) is 4.90 Å². The van der Waals surface area contributed by atoms with Crippen LogP contribution < -0.4 is 0 Å². The molecular weight excluding hydrogens is 235 g/mol. The van der Waals surface area contributed by atoms with Crippen molar-refractivity contribution in [3.63, 3.8) is 0 Å². The van der Waals surface area contributed by atoms with E-state index in [1.54, 1.807) is 23.1 Å². The predicted molar refractivity (Wildman–Crippen MR) is 53.0 cm³/mol. The van der Waals surface area contributed by atoms with E-state index in [2.05, 4.69) is 5.10 Å². The van der Waals surface area contributed by atoms with Crippen LogP contribution in [0.1, 0.15) is 12.8 Å². The Bertz CT molecular complexity index is 388. The average molecular weight is 247 g/mol. The number of carbonyl (C=O) groups is 1. The monoisotopic (exact) mass is 247 g/mol. The zero-order valence-electron chi connectivity index (χ0n) is 9.02. The van der Waals surface area contributed by atoms with Gasteiger partial charge < -0.3 is 4.90 Å². The molecule has 4 nitrogen and oxygen atoms in total. The Hall–Kier alpha value is -1.53. The minimum absolute atomic E-state index is 0.171. The van der Waals surface area contributed by atoms with Gasteiger partial charge in [-0.3, -0.25) is 9.48 Å². The van der Waals surface area contributed by atoms with E-state index in [1.807, 2.05) is 0 Å². The van der Waals surface area contributed by atoms with E-state index in [0.29, 0.717) is 19.4 Å². The third kappa shape index (κ3) is 2.59. The molecule has 2 heterocycles. The van der Waals surface area contributed by atoms with Crippen LogP contribution in [0.2, 0.25) is 0 Å². The fraction of sp³-hybridized carbons (Fsp3) is 0.600. The van der Waals surface area contributed by atoms with Gasteiger partial charge in [0.15, 0.2) is 0 Å². The summed E-state index contributed by atoms with van der Waals surface area (Å²) in [6.45, 7) is 0.485. The van der Waals surface area contributed by atoms with Gasteiger partial charge in [0.05, 0.1) is 12.6 Å². The third-order valence-corrected chi connectivity index (χ3v) is 2.84. The molecule has 0 spiro atoms. The zero-order valence-corrected chi connectivity index (χ0v) is 9.02. The van der Waals surface area contributed by atoms with Crippen LogP contribution in [-0.4, -0.2) is 39.4 Å². The van der Waals surface area contributed by atoms with Crippen molar-refractivity contribution < 1.29 is 18.0 Å². The van der Waals surface area contributed by atoms with Gasteiger partial charge in [0.2, 0.25) is 0 Å². The minimum Gasteiger partial charge on any atom is -0.330 e. The van der Waals surface area contributed by atoms with Crippen LogP contribution in [-0.2, 0) is 11.3 Å². The molecule has 0 aromatic carbocycles. The normalized spacial score (nSPS) is 20.9. The summed E-state index contributed by atoms with van der Waals surface area (Å²) in [5.41, 5.74) is 0. The highest BCUT2D eigenvalue weighted by Gasteiger charge is 2.45. The molecule has 94 valence electrons. The predicted octanol–water partition coefficient (Wildman–Crippen LogP) is 1.44. The number of rotatable bonds is 2. The SMILES string of the molecule is O=C(N1CCC[C@H]1Cn1cccn1)C(F)(F)F. The molecule has 1 atom stereocenters. The number of carbonyl (C=O) groups excluding carboxylic acids is 1. The molecule has 1 aliphatic rings. The summed E-state index contributed by atoms with van der Waals surface area (Å²) in [5, 5.41) is 3.93. The first-order valence-electron chi connectivity index (χ1n) is 5.33. The van der Waals surface area contributed by atoms with Gasteiger partial charge >= 0.3 is 12.1 Å². The average Bonchev–Trinajstić information content (AvgIpc) is 2.87. The number of aromatic nitrogens is 2. The van der Waals surface area contributed by atoms with Crippen molar-refractivity contribution in [2.75, 3.05) is 6.54 Å². The quantitative estimate of drug-likeness (QED) is 0.793. The summed E-state index contributed by atoms with van der Waals surface area (Å²) < 4.78 is 38.6. The topological polar surface area (TPSA) is 38.1 Å². The standard InChI is InChI=1S/C10H12F3N3O/c11-10(12,13)9(17)16-6-1-3-8(16)7-15-5-2-4-14-15/h2,4-5,8H,1,3,6-7H2/t8-/m0/s1. The first-order valence-corrected chi connectivity index (χ1v) is 5.33. The van der Waals surface area contributed by atoms with Crippen LogP contribution in [0, 0.1) is 0 Å². The minimum atomic E-state index is -4.79. The number of alkyl halides is 3. The van der Waals surface area contributed by atoms with E-state index in [4.69, 9.17) is 0 Å². The number of likely N-dealkylation sites (tertiary alicyclic amines) is 1. The smallest absolute Gasteiger partial charge is 0.330 e. The molecular formula is C10H12F3N3O. The Balaban J connectivity index is 2.05. The Morgan fingerprint density at radius 2 is 2.24 bits per heavy atom. The molecule has 1 saturated heterocycles. The van der Waals surface area contributed by atoms with Gasteiger partial charge in [0, 0.05) is 18.9 Å². The summed E-state index contributed by atoms with van der Waals surface area (Å²) in [6.07, 6.45) is -0.360. The van der Waals surface area contributed by atoms with Crippen LogP contribution >= 0.6 is 0 Å². The van der Waals surface area contributed by atoms with Gasteiger partial charge in [-0.15, -0.1) is 0 Å². The van der Waals surface area contributed by atoms with Crippen LogP contribution in [0.15, 0.2) is 18.5 Å². The van der Waals surface area contributed by atoms with Crippen molar-refractivity contribution in [3.05, 3.63) is 18.5 Å². The molecule has 0 aliphatic carbocycles. The van der Waals surface area contributed by atoms with Crippen molar-refractivity contribution in [1.82, 2.24) is 14.7 Å². The maximum Gasteiger partial charge on any atom is 0.471 e. The van der Waals surface area contributed by atoms with E-state index in [-0.39, 0.29) is 6.54 Å². The zero-order chi connectivity index (χ0) is 12.5. The molecule has 0 unspecified atom stereocenters. The first kappa shape index (κ1) is 11.9. The van der Waals surface area contributed by atoms with Crippen LogP contribution in [0.25, 0.3) is 0 Å². The lowest BCUT2D eigenvalue weighted by Gasteiger charge is -2.25. The second kappa shape index (κ2) is 4.38. The lowest BCUT2D eigenvalue weighted by atomic mass is 10.2. The van der Waals surface area contributed by atoms with E-state index < -0.39 is 18.1 Å². The molecule has 1 aromatic heterocycles. The fourth-order valence-electron chi connectivity index (χ4n) is 2.08. The number of hydrogen-bond donors (Lipinski definition) is 0.